The van der Waals surface area contributed by atoms with Gasteiger partial charge in [0.25, 0.3) is 10.1 Å². The minimum absolute atomic E-state index is 0.154. The highest BCUT2D eigenvalue weighted by Crippen LogP contribution is 2.36. The first-order chi connectivity index (χ1) is 11.5. The van der Waals surface area contributed by atoms with Crippen LogP contribution in [0.2, 0.25) is 0 Å². The number of nitrogens with one attached hydrogen (secondary N) is 1. The SMILES string of the molecule is CS(=O)(=O)O[C@H]1COCC[C@H]1Nc1nc2c3c(ccc2s1)OCC3. The number of ether oxygens (including phenoxy) is 2. The van der Waals surface area contributed by atoms with E-state index in [0.29, 0.717) is 19.6 Å². The lowest BCUT2D eigenvalue weighted by Crippen LogP contribution is -2.44. The predicted molar refractivity (Wildman–Crippen MR) is 91.4 cm³/mol. The molecule has 0 spiro atoms. The van der Waals surface area contributed by atoms with Crippen LogP contribution in [-0.2, 0) is 25.5 Å². The third-order valence-electron chi connectivity index (χ3n) is 4.14. The lowest BCUT2D eigenvalue weighted by Gasteiger charge is -2.30. The fraction of sp³-hybridized carbons (Fsp3) is 0.533. The van der Waals surface area contributed by atoms with Crippen LogP contribution in [0.4, 0.5) is 5.13 Å². The summed E-state index contributed by atoms with van der Waals surface area (Å²) in [6.45, 7) is 1.51. The summed E-state index contributed by atoms with van der Waals surface area (Å²) >= 11 is 1.55. The van der Waals surface area contributed by atoms with Crippen LogP contribution in [0.25, 0.3) is 10.2 Å². The molecule has 2 aliphatic rings. The molecule has 1 saturated heterocycles. The summed E-state index contributed by atoms with van der Waals surface area (Å²) < 4.78 is 40.0. The number of hydrogen-bond donors (Lipinski definition) is 1. The van der Waals surface area contributed by atoms with E-state index in [1.165, 1.54) is 0 Å². The largest absolute Gasteiger partial charge is 0.493 e. The van der Waals surface area contributed by atoms with Gasteiger partial charge < -0.3 is 14.8 Å². The van der Waals surface area contributed by atoms with E-state index in [1.807, 2.05) is 12.1 Å². The van der Waals surface area contributed by atoms with Gasteiger partial charge >= 0.3 is 0 Å². The van der Waals surface area contributed by atoms with Crippen molar-refractivity contribution in [2.24, 2.45) is 0 Å². The molecular weight excluding hydrogens is 352 g/mol. The first kappa shape index (κ1) is 16.1. The molecular formula is C15H18N2O5S2. The van der Waals surface area contributed by atoms with Crippen molar-refractivity contribution in [1.29, 1.82) is 0 Å². The molecule has 0 aliphatic carbocycles. The third kappa shape index (κ3) is 3.21. The topological polar surface area (TPSA) is 86.8 Å². The van der Waals surface area contributed by atoms with Gasteiger partial charge in [-0.1, -0.05) is 11.3 Å². The summed E-state index contributed by atoms with van der Waals surface area (Å²) in [6, 6.07) is 3.84. The quantitative estimate of drug-likeness (QED) is 0.821. The molecule has 1 N–H and O–H groups in total. The zero-order valence-corrected chi connectivity index (χ0v) is 14.8. The Morgan fingerprint density at radius 2 is 2.25 bits per heavy atom. The number of nitrogens with zero attached hydrogens (tertiary/aromatic N) is 1. The zero-order chi connectivity index (χ0) is 16.7. The molecule has 0 bridgehead atoms. The van der Waals surface area contributed by atoms with E-state index in [-0.39, 0.29) is 12.6 Å². The fourth-order valence-corrected chi connectivity index (χ4v) is 4.68. The van der Waals surface area contributed by atoms with Gasteiger partial charge in [0, 0.05) is 18.6 Å². The van der Waals surface area contributed by atoms with Gasteiger partial charge in [-0.2, -0.15) is 8.42 Å². The molecule has 2 aliphatic heterocycles. The van der Waals surface area contributed by atoms with E-state index in [4.69, 9.17) is 18.6 Å². The van der Waals surface area contributed by atoms with E-state index < -0.39 is 16.2 Å². The number of thiazole rings is 1. The minimum atomic E-state index is -3.54. The molecule has 0 amide bonds. The second kappa shape index (κ2) is 6.14. The van der Waals surface area contributed by atoms with Crippen LogP contribution in [0, 0.1) is 0 Å². The van der Waals surface area contributed by atoms with E-state index in [9.17, 15) is 8.42 Å². The molecule has 0 unspecified atom stereocenters. The van der Waals surface area contributed by atoms with Crippen molar-refractivity contribution in [3.05, 3.63) is 17.7 Å². The molecule has 9 heteroatoms. The van der Waals surface area contributed by atoms with E-state index in [0.717, 1.165) is 39.3 Å². The molecule has 0 radical (unpaired) electrons. The van der Waals surface area contributed by atoms with Gasteiger partial charge in [-0.05, 0) is 18.6 Å². The Bertz CT molecular complexity index is 864. The smallest absolute Gasteiger partial charge is 0.264 e. The molecule has 4 rings (SSSR count). The monoisotopic (exact) mass is 370 g/mol. The summed E-state index contributed by atoms with van der Waals surface area (Å²) in [5.41, 5.74) is 2.11. The molecule has 1 aromatic heterocycles. The lowest BCUT2D eigenvalue weighted by molar-refractivity contribution is 0.00280. The third-order valence-corrected chi connectivity index (χ3v) is 5.69. The highest BCUT2D eigenvalue weighted by atomic mass is 32.2. The van der Waals surface area contributed by atoms with Crippen molar-refractivity contribution in [3.63, 3.8) is 0 Å². The molecule has 1 fully saturated rings. The summed E-state index contributed by atoms with van der Waals surface area (Å²) in [5.74, 6) is 0.906. The van der Waals surface area contributed by atoms with Crippen LogP contribution < -0.4 is 10.1 Å². The molecule has 2 aromatic rings. The average molecular weight is 370 g/mol. The number of anilines is 1. The molecule has 0 saturated carbocycles. The second-order valence-corrected chi connectivity index (χ2v) is 8.59. The molecule has 2 atom stereocenters. The summed E-state index contributed by atoms with van der Waals surface area (Å²) in [6.07, 6.45) is 2.04. The van der Waals surface area contributed by atoms with Gasteiger partial charge in [-0.3, -0.25) is 4.18 Å². The number of hydrogen-bond acceptors (Lipinski definition) is 8. The number of fused-ring (bicyclic) bond motifs is 3. The minimum Gasteiger partial charge on any atom is -0.493 e. The van der Waals surface area contributed by atoms with Gasteiger partial charge in [0.05, 0.1) is 35.7 Å². The Kier molecular flexibility index (Phi) is 4.11. The van der Waals surface area contributed by atoms with Crippen molar-refractivity contribution in [1.82, 2.24) is 4.98 Å². The highest BCUT2D eigenvalue weighted by Gasteiger charge is 2.30. The molecule has 1 aromatic carbocycles. The van der Waals surface area contributed by atoms with E-state index in [2.05, 4.69) is 5.32 Å². The summed E-state index contributed by atoms with van der Waals surface area (Å²) in [7, 11) is -3.54. The molecule has 3 heterocycles. The van der Waals surface area contributed by atoms with Crippen molar-refractivity contribution in [2.45, 2.75) is 25.0 Å². The van der Waals surface area contributed by atoms with Crippen LogP contribution in [0.15, 0.2) is 12.1 Å². The number of benzene rings is 1. The summed E-state index contributed by atoms with van der Waals surface area (Å²) in [4.78, 5) is 4.69. The van der Waals surface area contributed by atoms with Gasteiger partial charge in [0.2, 0.25) is 0 Å². The van der Waals surface area contributed by atoms with Gasteiger partial charge in [0.1, 0.15) is 11.9 Å². The van der Waals surface area contributed by atoms with Crippen molar-refractivity contribution in [3.8, 4) is 5.75 Å². The molecule has 130 valence electrons. The van der Waals surface area contributed by atoms with Gasteiger partial charge in [0.15, 0.2) is 5.13 Å². The zero-order valence-electron chi connectivity index (χ0n) is 13.1. The van der Waals surface area contributed by atoms with Crippen LogP contribution in [0.5, 0.6) is 5.75 Å². The van der Waals surface area contributed by atoms with Crippen molar-refractivity contribution >= 4 is 36.8 Å². The maximum absolute atomic E-state index is 11.4. The van der Waals surface area contributed by atoms with Gasteiger partial charge in [-0.15, -0.1) is 0 Å². The van der Waals surface area contributed by atoms with Gasteiger partial charge in [-0.25, -0.2) is 4.98 Å². The van der Waals surface area contributed by atoms with E-state index >= 15 is 0 Å². The van der Waals surface area contributed by atoms with Crippen molar-refractivity contribution in [2.75, 3.05) is 31.4 Å². The lowest BCUT2D eigenvalue weighted by atomic mass is 10.1. The maximum Gasteiger partial charge on any atom is 0.264 e. The predicted octanol–water partition coefficient (Wildman–Crippen LogP) is 1.78. The first-order valence-corrected chi connectivity index (χ1v) is 10.4. The second-order valence-electron chi connectivity index (χ2n) is 5.96. The van der Waals surface area contributed by atoms with Crippen LogP contribution in [-0.4, -0.2) is 51.6 Å². The maximum atomic E-state index is 11.4. The molecule has 24 heavy (non-hydrogen) atoms. The first-order valence-electron chi connectivity index (χ1n) is 7.77. The Morgan fingerprint density at radius 3 is 3.08 bits per heavy atom. The Labute approximate surface area is 144 Å². The Balaban J connectivity index is 1.58. The fourth-order valence-electron chi connectivity index (χ4n) is 3.09. The summed E-state index contributed by atoms with van der Waals surface area (Å²) in [5, 5.41) is 4.09. The van der Waals surface area contributed by atoms with Crippen molar-refractivity contribution < 1.29 is 22.1 Å². The standard InChI is InChI=1S/C15H18N2O5S2/c1-24(18,19)22-12-8-20-6-5-10(12)16-15-17-14-9-4-7-21-11(9)2-3-13(14)23-15/h2-3,10,12H,4-8H2,1H3,(H,16,17)/t10-,12+/m1/s1. The van der Waals surface area contributed by atoms with Crippen LogP contribution in [0.3, 0.4) is 0 Å². The highest BCUT2D eigenvalue weighted by molar-refractivity contribution is 7.86. The number of aromatic nitrogens is 1. The van der Waals surface area contributed by atoms with Crippen LogP contribution >= 0.6 is 11.3 Å². The number of rotatable bonds is 4. The van der Waals surface area contributed by atoms with E-state index in [1.54, 1.807) is 11.3 Å². The Morgan fingerprint density at radius 1 is 1.38 bits per heavy atom. The molecule has 7 nitrogen and oxygen atoms in total. The van der Waals surface area contributed by atoms with Crippen LogP contribution in [0.1, 0.15) is 12.0 Å². The normalized spacial score (nSPS) is 23.9. The Hall–Kier alpha value is -1.42. The average Bonchev–Trinajstić information content (AvgIpc) is 3.12.